The lowest BCUT2D eigenvalue weighted by atomic mass is 10.0. The zero-order valence-corrected chi connectivity index (χ0v) is 12.5. The molecule has 2 saturated heterocycles. The number of hydrogen-bond acceptors (Lipinski definition) is 4. The minimum absolute atomic E-state index is 0.127. The molecule has 20 heavy (non-hydrogen) atoms. The van der Waals surface area contributed by atoms with E-state index < -0.39 is 0 Å². The molecule has 2 aliphatic heterocycles. The lowest BCUT2D eigenvalue weighted by molar-refractivity contribution is 0.0863. The van der Waals surface area contributed by atoms with Gasteiger partial charge in [-0.2, -0.15) is 0 Å². The van der Waals surface area contributed by atoms with Crippen molar-refractivity contribution in [2.24, 2.45) is 4.99 Å². The number of ether oxygens (including phenoxy) is 1. The molecule has 2 fully saturated rings. The molecule has 0 saturated carbocycles. The summed E-state index contributed by atoms with van der Waals surface area (Å²) < 4.78 is 5.16. The fourth-order valence-corrected chi connectivity index (χ4v) is 3.94. The van der Waals surface area contributed by atoms with Gasteiger partial charge in [-0.3, -0.25) is 4.99 Å². The Morgan fingerprint density at radius 1 is 1.40 bits per heavy atom. The highest BCUT2D eigenvalue weighted by Crippen LogP contribution is 2.31. The minimum Gasteiger partial charge on any atom is -0.497 e. The molecule has 2 aliphatic rings. The largest absolute Gasteiger partial charge is 0.497 e. The van der Waals surface area contributed by atoms with E-state index in [2.05, 4.69) is 17.0 Å². The molecule has 2 atom stereocenters. The van der Waals surface area contributed by atoms with Crippen molar-refractivity contribution < 1.29 is 9.84 Å². The van der Waals surface area contributed by atoms with Crippen molar-refractivity contribution in [2.75, 3.05) is 19.4 Å². The first-order valence-corrected chi connectivity index (χ1v) is 7.99. The highest BCUT2D eigenvalue weighted by molar-refractivity contribution is 8.14. The van der Waals surface area contributed by atoms with Crippen molar-refractivity contribution in [3.8, 4) is 5.75 Å². The van der Waals surface area contributed by atoms with Gasteiger partial charge in [0.05, 0.1) is 19.8 Å². The molecule has 0 radical (unpaired) electrons. The van der Waals surface area contributed by atoms with Crippen LogP contribution in [-0.4, -0.2) is 46.7 Å². The molecule has 0 unspecified atom stereocenters. The number of fused-ring (bicyclic) bond motifs is 1. The van der Waals surface area contributed by atoms with Crippen LogP contribution in [0.5, 0.6) is 5.75 Å². The van der Waals surface area contributed by atoms with Crippen LogP contribution in [0.2, 0.25) is 0 Å². The predicted molar refractivity (Wildman–Crippen MR) is 82.3 cm³/mol. The normalized spacial score (nSPS) is 27.7. The van der Waals surface area contributed by atoms with Crippen molar-refractivity contribution in [1.29, 1.82) is 0 Å². The SMILES string of the molecule is COc1ccc(CN=C2SC[C@@H]3C[C@H](O)CCN23)cc1. The third-order valence-corrected chi connectivity index (χ3v) is 5.07. The van der Waals surface area contributed by atoms with Gasteiger partial charge in [-0.25, -0.2) is 0 Å². The lowest BCUT2D eigenvalue weighted by Gasteiger charge is -2.33. The number of benzene rings is 1. The number of aliphatic imine (C=N–C) groups is 1. The third kappa shape index (κ3) is 2.94. The molecule has 0 bridgehead atoms. The van der Waals surface area contributed by atoms with E-state index in [4.69, 9.17) is 9.73 Å². The summed E-state index contributed by atoms with van der Waals surface area (Å²) >= 11 is 1.82. The second-order valence-corrected chi connectivity index (χ2v) is 6.27. The Labute approximate surface area is 123 Å². The molecule has 0 aliphatic carbocycles. The maximum atomic E-state index is 9.71. The van der Waals surface area contributed by atoms with Gasteiger partial charge in [0.1, 0.15) is 5.75 Å². The van der Waals surface area contributed by atoms with Crippen LogP contribution >= 0.6 is 11.8 Å². The molecule has 3 rings (SSSR count). The fraction of sp³-hybridized carbons (Fsp3) is 0.533. The Kier molecular flexibility index (Phi) is 4.17. The van der Waals surface area contributed by atoms with Gasteiger partial charge in [-0.15, -0.1) is 0 Å². The molecule has 1 aromatic rings. The van der Waals surface area contributed by atoms with Crippen LogP contribution in [0.1, 0.15) is 18.4 Å². The average Bonchev–Trinajstić information content (AvgIpc) is 2.88. The number of amidine groups is 1. The van der Waals surface area contributed by atoms with Gasteiger partial charge < -0.3 is 14.7 Å². The molecule has 0 spiro atoms. The molecule has 1 N–H and O–H groups in total. The number of aliphatic hydroxyl groups is 1. The van der Waals surface area contributed by atoms with E-state index >= 15 is 0 Å². The second kappa shape index (κ2) is 6.06. The molecule has 1 aromatic carbocycles. The van der Waals surface area contributed by atoms with Gasteiger partial charge >= 0.3 is 0 Å². The second-order valence-electron chi connectivity index (χ2n) is 5.28. The van der Waals surface area contributed by atoms with Crippen molar-refractivity contribution in [3.05, 3.63) is 29.8 Å². The van der Waals surface area contributed by atoms with Crippen molar-refractivity contribution in [2.45, 2.75) is 31.5 Å². The quantitative estimate of drug-likeness (QED) is 0.927. The van der Waals surface area contributed by atoms with E-state index in [0.29, 0.717) is 12.6 Å². The first kappa shape index (κ1) is 13.8. The highest BCUT2D eigenvalue weighted by Gasteiger charge is 2.34. The Morgan fingerprint density at radius 3 is 2.95 bits per heavy atom. The highest BCUT2D eigenvalue weighted by atomic mass is 32.2. The van der Waals surface area contributed by atoms with Crippen molar-refractivity contribution in [3.63, 3.8) is 0 Å². The first-order chi connectivity index (χ1) is 9.76. The summed E-state index contributed by atoms with van der Waals surface area (Å²) in [6.07, 6.45) is 1.62. The average molecular weight is 292 g/mol. The monoisotopic (exact) mass is 292 g/mol. The molecular formula is C15H20N2O2S. The van der Waals surface area contributed by atoms with Crippen LogP contribution in [0, 0.1) is 0 Å². The number of methoxy groups -OCH3 is 1. The zero-order chi connectivity index (χ0) is 13.9. The maximum Gasteiger partial charge on any atom is 0.159 e. The smallest absolute Gasteiger partial charge is 0.159 e. The number of rotatable bonds is 3. The molecule has 0 aromatic heterocycles. The third-order valence-electron chi connectivity index (χ3n) is 3.89. The van der Waals surface area contributed by atoms with Crippen LogP contribution in [-0.2, 0) is 6.54 Å². The predicted octanol–water partition coefficient (Wildman–Crippen LogP) is 2.12. The summed E-state index contributed by atoms with van der Waals surface area (Å²) in [5.41, 5.74) is 1.19. The molecule has 5 heteroatoms. The van der Waals surface area contributed by atoms with E-state index in [1.165, 1.54) is 5.56 Å². The molecule has 2 heterocycles. The van der Waals surface area contributed by atoms with Crippen LogP contribution in [0.25, 0.3) is 0 Å². The number of piperidine rings is 1. The van der Waals surface area contributed by atoms with Gasteiger partial charge in [0.15, 0.2) is 5.17 Å². The first-order valence-electron chi connectivity index (χ1n) is 7.01. The maximum absolute atomic E-state index is 9.71. The number of hydrogen-bond donors (Lipinski definition) is 1. The van der Waals surface area contributed by atoms with Gasteiger partial charge in [0.2, 0.25) is 0 Å². The van der Waals surface area contributed by atoms with Gasteiger partial charge in [0.25, 0.3) is 0 Å². The zero-order valence-electron chi connectivity index (χ0n) is 11.7. The van der Waals surface area contributed by atoms with Crippen molar-refractivity contribution in [1.82, 2.24) is 4.90 Å². The van der Waals surface area contributed by atoms with Gasteiger partial charge in [-0.1, -0.05) is 23.9 Å². The molecular weight excluding hydrogens is 272 g/mol. The summed E-state index contributed by atoms with van der Waals surface area (Å²) in [4.78, 5) is 7.10. The van der Waals surface area contributed by atoms with Crippen molar-refractivity contribution >= 4 is 16.9 Å². The minimum atomic E-state index is -0.127. The fourth-order valence-electron chi connectivity index (χ4n) is 2.72. The lowest BCUT2D eigenvalue weighted by Crippen LogP contribution is -2.43. The molecule has 4 nitrogen and oxygen atoms in total. The van der Waals surface area contributed by atoms with Crippen LogP contribution < -0.4 is 4.74 Å². The molecule has 0 amide bonds. The van der Waals surface area contributed by atoms with E-state index in [-0.39, 0.29) is 6.10 Å². The Bertz CT molecular complexity index is 489. The van der Waals surface area contributed by atoms with Crippen LogP contribution in [0.3, 0.4) is 0 Å². The summed E-state index contributed by atoms with van der Waals surface area (Å²) in [5.74, 6) is 1.93. The molecule has 108 valence electrons. The Balaban J connectivity index is 1.64. The summed E-state index contributed by atoms with van der Waals surface area (Å²) in [5, 5.41) is 10.8. The van der Waals surface area contributed by atoms with E-state index in [1.54, 1.807) is 7.11 Å². The summed E-state index contributed by atoms with van der Waals surface area (Å²) in [7, 11) is 1.68. The van der Waals surface area contributed by atoms with E-state index in [1.807, 2.05) is 23.9 Å². The van der Waals surface area contributed by atoms with E-state index in [0.717, 1.165) is 36.1 Å². The van der Waals surface area contributed by atoms with Crippen LogP contribution in [0.15, 0.2) is 29.3 Å². The van der Waals surface area contributed by atoms with E-state index in [9.17, 15) is 5.11 Å². The van der Waals surface area contributed by atoms with Gasteiger partial charge in [-0.05, 0) is 30.5 Å². The Morgan fingerprint density at radius 2 is 2.20 bits per heavy atom. The Hall–Kier alpha value is -1.20. The summed E-state index contributed by atoms with van der Waals surface area (Å²) in [6.45, 7) is 1.64. The number of aliphatic hydroxyl groups excluding tert-OH is 1. The summed E-state index contributed by atoms with van der Waals surface area (Å²) in [6, 6.07) is 8.52. The van der Waals surface area contributed by atoms with Gasteiger partial charge in [0, 0.05) is 18.3 Å². The number of nitrogens with zero attached hydrogens (tertiary/aromatic N) is 2. The standard InChI is InChI=1S/C15H20N2O2S/c1-19-14-4-2-11(3-5-14)9-16-15-17-7-6-13(18)8-12(17)10-20-15/h2-5,12-13,18H,6-10H2,1H3/t12-,13+/m0/s1. The topological polar surface area (TPSA) is 45.1 Å². The number of thioether (sulfide) groups is 1. The van der Waals surface area contributed by atoms with Crippen LogP contribution in [0.4, 0.5) is 0 Å².